The summed E-state index contributed by atoms with van der Waals surface area (Å²) in [5.41, 5.74) is 3.19. The number of hydrogen-bond acceptors (Lipinski definition) is 5. The van der Waals surface area contributed by atoms with Crippen molar-refractivity contribution in [3.8, 4) is 0 Å². The maximum atomic E-state index is 12.7. The SMILES string of the molecule is Cc1nn(C)c(C)c1NS(=O)(=O)c1ccc(CCCN2CCN(C)CC2)cc1. The average molecular weight is 406 g/mol. The molecule has 7 nitrogen and oxygen atoms in total. The normalized spacial score (nSPS) is 16.4. The highest BCUT2D eigenvalue weighted by atomic mass is 32.2. The fraction of sp³-hybridized carbons (Fsp3) is 0.550. The number of aryl methyl sites for hydroxylation is 3. The molecular formula is C20H31N5O2S. The molecule has 0 amide bonds. The van der Waals surface area contributed by atoms with Gasteiger partial charge in [0, 0.05) is 33.2 Å². The Kier molecular flexibility index (Phi) is 6.42. The molecule has 1 fully saturated rings. The van der Waals surface area contributed by atoms with Gasteiger partial charge in [-0.15, -0.1) is 0 Å². The maximum absolute atomic E-state index is 12.7. The van der Waals surface area contributed by atoms with Gasteiger partial charge >= 0.3 is 0 Å². The fourth-order valence-corrected chi connectivity index (χ4v) is 4.70. The zero-order chi connectivity index (χ0) is 20.3. The van der Waals surface area contributed by atoms with E-state index in [1.165, 1.54) is 5.56 Å². The maximum Gasteiger partial charge on any atom is 0.262 e. The van der Waals surface area contributed by atoms with Gasteiger partial charge in [0.1, 0.15) is 0 Å². The van der Waals surface area contributed by atoms with E-state index in [4.69, 9.17) is 0 Å². The molecule has 0 aliphatic carbocycles. The largest absolute Gasteiger partial charge is 0.304 e. The number of nitrogens with one attached hydrogen (secondary N) is 1. The van der Waals surface area contributed by atoms with Gasteiger partial charge in [-0.05, 0) is 58.0 Å². The molecule has 2 aromatic rings. The molecule has 1 aromatic carbocycles. The number of hydrogen-bond donors (Lipinski definition) is 1. The lowest BCUT2D eigenvalue weighted by molar-refractivity contribution is 0.153. The summed E-state index contributed by atoms with van der Waals surface area (Å²) in [6, 6.07) is 7.21. The summed E-state index contributed by atoms with van der Waals surface area (Å²) in [6.07, 6.45) is 2.04. The van der Waals surface area contributed by atoms with Crippen molar-refractivity contribution in [3.63, 3.8) is 0 Å². The predicted octanol–water partition coefficient (Wildman–Crippen LogP) is 2.02. The Morgan fingerprint density at radius 3 is 2.25 bits per heavy atom. The Bertz CT molecular complexity index is 897. The topological polar surface area (TPSA) is 70.5 Å². The average Bonchev–Trinajstić information content (AvgIpc) is 2.90. The Hall–Kier alpha value is -1.90. The van der Waals surface area contributed by atoms with Gasteiger partial charge in [0.2, 0.25) is 0 Å². The molecule has 0 unspecified atom stereocenters. The molecule has 1 aliphatic rings. The van der Waals surface area contributed by atoms with E-state index in [0.717, 1.165) is 51.3 Å². The molecule has 1 N–H and O–H groups in total. The molecule has 1 aliphatic heterocycles. The van der Waals surface area contributed by atoms with E-state index < -0.39 is 10.0 Å². The molecule has 0 radical (unpaired) electrons. The van der Waals surface area contributed by atoms with Crippen molar-refractivity contribution in [2.45, 2.75) is 31.6 Å². The zero-order valence-corrected chi connectivity index (χ0v) is 18.1. The van der Waals surface area contributed by atoms with Crippen LogP contribution in [0.1, 0.15) is 23.4 Å². The quantitative estimate of drug-likeness (QED) is 0.763. The summed E-state index contributed by atoms with van der Waals surface area (Å²) < 4.78 is 29.8. The third kappa shape index (κ3) is 4.92. The minimum atomic E-state index is -3.62. The summed E-state index contributed by atoms with van der Waals surface area (Å²) in [4.78, 5) is 5.14. The van der Waals surface area contributed by atoms with Gasteiger partial charge in [-0.2, -0.15) is 5.10 Å². The Morgan fingerprint density at radius 1 is 1.04 bits per heavy atom. The third-order valence-corrected chi connectivity index (χ3v) is 6.88. The summed E-state index contributed by atoms with van der Waals surface area (Å²) in [7, 11) is 0.347. The van der Waals surface area contributed by atoms with Crippen LogP contribution >= 0.6 is 0 Å². The minimum Gasteiger partial charge on any atom is -0.304 e. The van der Waals surface area contributed by atoms with Crippen LogP contribution in [0.3, 0.4) is 0 Å². The molecular weight excluding hydrogens is 374 g/mol. The second kappa shape index (κ2) is 8.63. The van der Waals surface area contributed by atoms with Crippen LogP contribution in [0.25, 0.3) is 0 Å². The van der Waals surface area contributed by atoms with Gasteiger partial charge < -0.3 is 9.80 Å². The van der Waals surface area contributed by atoms with Crippen LogP contribution in [0.5, 0.6) is 0 Å². The Balaban J connectivity index is 1.57. The molecule has 8 heteroatoms. The predicted molar refractivity (Wildman–Crippen MR) is 112 cm³/mol. The van der Waals surface area contributed by atoms with Crippen LogP contribution in [0.4, 0.5) is 5.69 Å². The molecule has 0 spiro atoms. The number of aromatic nitrogens is 2. The van der Waals surface area contributed by atoms with Crippen molar-refractivity contribution in [2.24, 2.45) is 7.05 Å². The summed E-state index contributed by atoms with van der Waals surface area (Å²) in [5, 5.41) is 4.26. The second-order valence-electron chi connectivity index (χ2n) is 7.67. The zero-order valence-electron chi connectivity index (χ0n) is 17.3. The van der Waals surface area contributed by atoms with E-state index in [9.17, 15) is 8.42 Å². The highest BCUT2D eigenvalue weighted by Gasteiger charge is 2.19. The molecule has 28 heavy (non-hydrogen) atoms. The fourth-order valence-electron chi connectivity index (χ4n) is 3.53. The lowest BCUT2D eigenvalue weighted by Gasteiger charge is -2.32. The molecule has 0 bridgehead atoms. The van der Waals surface area contributed by atoms with E-state index in [-0.39, 0.29) is 4.90 Å². The Labute approximate surface area is 168 Å². The minimum absolute atomic E-state index is 0.276. The number of benzene rings is 1. The van der Waals surface area contributed by atoms with E-state index in [2.05, 4.69) is 26.7 Å². The number of sulfonamides is 1. The van der Waals surface area contributed by atoms with Crippen molar-refractivity contribution in [1.29, 1.82) is 0 Å². The van der Waals surface area contributed by atoms with Crippen LogP contribution in [-0.4, -0.2) is 67.8 Å². The number of anilines is 1. The molecule has 1 saturated heterocycles. The number of likely N-dealkylation sites (N-methyl/N-ethyl adjacent to an activating group) is 1. The van der Waals surface area contributed by atoms with E-state index in [0.29, 0.717) is 11.4 Å². The monoisotopic (exact) mass is 405 g/mol. The molecule has 2 heterocycles. The molecule has 3 rings (SSSR count). The summed E-state index contributed by atoms with van der Waals surface area (Å²) in [6.45, 7) is 9.27. The van der Waals surface area contributed by atoms with Gasteiger partial charge in [0.25, 0.3) is 10.0 Å². The molecule has 1 aromatic heterocycles. The first-order chi connectivity index (χ1) is 13.3. The highest BCUT2D eigenvalue weighted by Crippen LogP contribution is 2.23. The van der Waals surface area contributed by atoms with E-state index >= 15 is 0 Å². The molecule has 154 valence electrons. The first kappa shape index (κ1) is 20.8. The highest BCUT2D eigenvalue weighted by molar-refractivity contribution is 7.92. The smallest absolute Gasteiger partial charge is 0.262 e. The number of nitrogens with zero attached hydrogens (tertiary/aromatic N) is 4. The van der Waals surface area contributed by atoms with E-state index in [1.807, 2.05) is 19.1 Å². The van der Waals surface area contributed by atoms with Crippen LogP contribution < -0.4 is 4.72 Å². The van der Waals surface area contributed by atoms with Gasteiger partial charge in [-0.25, -0.2) is 8.42 Å². The lowest BCUT2D eigenvalue weighted by atomic mass is 10.1. The van der Waals surface area contributed by atoms with Crippen LogP contribution in [0.15, 0.2) is 29.2 Å². The van der Waals surface area contributed by atoms with Gasteiger partial charge in [0.05, 0.1) is 22.0 Å². The summed E-state index contributed by atoms with van der Waals surface area (Å²) >= 11 is 0. The van der Waals surface area contributed by atoms with Crippen LogP contribution in [0, 0.1) is 13.8 Å². The molecule has 0 saturated carbocycles. The first-order valence-electron chi connectivity index (χ1n) is 9.79. The van der Waals surface area contributed by atoms with Gasteiger partial charge in [-0.1, -0.05) is 12.1 Å². The van der Waals surface area contributed by atoms with Crippen molar-refractivity contribution in [2.75, 3.05) is 44.5 Å². The van der Waals surface area contributed by atoms with Crippen molar-refractivity contribution >= 4 is 15.7 Å². The van der Waals surface area contributed by atoms with Crippen molar-refractivity contribution in [1.82, 2.24) is 19.6 Å². The second-order valence-corrected chi connectivity index (χ2v) is 9.35. The van der Waals surface area contributed by atoms with Crippen LogP contribution in [0.2, 0.25) is 0 Å². The Morgan fingerprint density at radius 2 is 1.68 bits per heavy atom. The van der Waals surface area contributed by atoms with E-state index in [1.54, 1.807) is 30.8 Å². The van der Waals surface area contributed by atoms with Crippen molar-refractivity contribution in [3.05, 3.63) is 41.2 Å². The van der Waals surface area contributed by atoms with Crippen molar-refractivity contribution < 1.29 is 8.42 Å². The lowest BCUT2D eigenvalue weighted by Crippen LogP contribution is -2.44. The number of rotatable bonds is 7. The number of piperazine rings is 1. The third-order valence-electron chi connectivity index (χ3n) is 5.51. The van der Waals surface area contributed by atoms with Gasteiger partial charge in [0.15, 0.2) is 0 Å². The standard InChI is InChI=1S/C20H31N5O2S/c1-16-20(17(2)24(4)21-16)22-28(26,27)19-9-7-18(8-10-19)6-5-11-25-14-12-23(3)13-15-25/h7-10,22H,5-6,11-15H2,1-4H3. The first-order valence-corrected chi connectivity index (χ1v) is 11.3. The van der Waals surface area contributed by atoms with Gasteiger partial charge in [-0.3, -0.25) is 9.40 Å². The molecule has 0 atom stereocenters. The van der Waals surface area contributed by atoms with Crippen LogP contribution in [-0.2, 0) is 23.5 Å². The summed E-state index contributed by atoms with van der Waals surface area (Å²) in [5.74, 6) is 0.